The minimum absolute atomic E-state index is 0.0179. The van der Waals surface area contributed by atoms with Crippen molar-refractivity contribution in [3.05, 3.63) is 29.8 Å². The maximum absolute atomic E-state index is 11.2. The molecule has 0 aromatic heterocycles. The van der Waals surface area contributed by atoms with E-state index in [0.717, 1.165) is 12.2 Å². The van der Waals surface area contributed by atoms with Gasteiger partial charge in [-0.3, -0.25) is 4.79 Å². The van der Waals surface area contributed by atoms with E-state index in [9.17, 15) is 4.79 Å². The molecule has 0 unspecified atom stereocenters. The van der Waals surface area contributed by atoms with Crippen LogP contribution >= 0.6 is 12.2 Å². The molecule has 0 atom stereocenters. The molecule has 1 heterocycles. The van der Waals surface area contributed by atoms with Crippen molar-refractivity contribution in [2.24, 2.45) is 0 Å². The Morgan fingerprint density at radius 1 is 1.41 bits per heavy atom. The van der Waals surface area contributed by atoms with Crippen molar-refractivity contribution in [2.75, 3.05) is 25.0 Å². The number of nitrogens with one attached hydrogen (secondary N) is 2. The molecular weight excluding hydrogens is 234 g/mol. The molecule has 1 amide bonds. The first kappa shape index (κ1) is 11.9. The van der Waals surface area contributed by atoms with Crippen LogP contribution in [0.2, 0.25) is 0 Å². The highest BCUT2D eigenvalue weighted by Crippen LogP contribution is 2.10. The van der Waals surface area contributed by atoms with Gasteiger partial charge in [0.15, 0.2) is 5.11 Å². The minimum atomic E-state index is 0.0179. The van der Waals surface area contributed by atoms with Crippen molar-refractivity contribution in [2.45, 2.75) is 6.92 Å². The van der Waals surface area contributed by atoms with Gasteiger partial charge in [0, 0.05) is 18.8 Å². The number of amides is 1. The van der Waals surface area contributed by atoms with Crippen molar-refractivity contribution in [1.82, 2.24) is 10.2 Å². The topological polar surface area (TPSA) is 44.4 Å². The van der Waals surface area contributed by atoms with Gasteiger partial charge in [-0.25, -0.2) is 0 Å². The Morgan fingerprint density at radius 3 is 2.76 bits per heavy atom. The van der Waals surface area contributed by atoms with E-state index in [1.807, 2.05) is 36.1 Å². The van der Waals surface area contributed by atoms with E-state index >= 15 is 0 Å². The molecule has 0 bridgehead atoms. The molecule has 1 aliphatic heterocycles. The van der Waals surface area contributed by atoms with E-state index in [0.29, 0.717) is 18.2 Å². The molecule has 1 aliphatic rings. The van der Waals surface area contributed by atoms with Crippen LogP contribution in [0.15, 0.2) is 24.3 Å². The molecule has 4 nitrogen and oxygen atoms in total. The standard InChI is InChI=1S/C12H15N3OS/c1-9-2-4-10(5-3-9)14-12(17)15-7-6-13-11(16)8-15/h2-5H,6-8H2,1H3,(H,13,16)(H,14,17). The Morgan fingerprint density at radius 2 is 2.12 bits per heavy atom. The SMILES string of the molecule is Cc1ccc(NC(=S)N2CCNC(=O)C2)cc1. The Kier molecular flexibility index (Phi) is 3.58. The Bertz CT molecular complexity index is 430. The summed E-state index contributed by atoms with van der Waals surface area (Å²) in [5, 5.41) is 6.51. The molecule has 0 saturated carbocycles. The van der Waals surface area contributed by atoms with Crippen molar-refractivity contribution in [3.63, 3.8) is 0 Å². The fourth-order valence-corrected chi connectivity index (χ4v) is 1.93. The quantitative estimate of drug-likeness (QED) is 0.732. The maximum atomic E-state index is 11.2. The fourth-order valence-electron chi connectivity index (χ4n) is 1.65. The van der Waals surface area contributed by atoms with E-state index in [1.165, 1.54) is 5.56 Å². The molecule has 0 radical (unpaired) electrons. The number of hydrogen-bond acceptors (Lipinski definition) is 2. The van der Waals surface area contributed by atoms with Gasteiger partial charge in [0.25, 0.3) is 0 Å². The summed E-state index contributed by atoms with van der Waals surface area (Å²) in [6, 6.07) is 8.00. The van der Waals surface area contributed by atoms with Gasteiger partial charge in [0.2, 0.25) is 5.91 Å². The number of carbonyl (C=O) groups is 1. The molecule has 1 saturated heterocycles. The van der Waals surface area contributed by atoms with Crippen molar-refractivity contribution >= 4 is 28.9 Å². The van der Waals surface area contributed by atoms with Crippen LogP contribution in [0, 0.1) is 6.92 Å². The summed E-state index contributed by atoms with van der Waals surface area (Å²) in [6.07, 6.45) is 0. The van der Waals surface area contributed by atoms with Crippen LogP contribution in [0.25, 0.3) is 0 Å². The number of nitrogens with zero attached hydrogens (tertiary/aromatic N) is 1. The smallest absolute Gasteiger partial charge is 0.239 e. The van der Waals surface area contributed by atoms with Crippen LogP contribution in [0.1, 0.15) is 5.56 Å². The zero-order valence-corrected chi connectivity index (χ0v) is 10.5. The largest absolute Gasteiger partial charge is 0.353 e. The van der Waals surface area contributed by atoms with Crippen molar-refractivity contribution in [1.29, 1.82) is 0 Å². The summed E-state index contributed by atoms with van der Waals surface area (Å²) >= 11 is 5.28. The minimum Gasteiger partial charge on any atom is -0.353 e. The first-order chi connectivity index (χ1) is 8.15. The Balaban J connectivity index is 1.96. The lowest BCUT2D eigenvalue weighted by atomic mass is 10.2. The van der Waals surface area contributed by atoms with Crippen LogP contribution in [0.3, 0.4) is 0 Å². The summed E-state index contributed by atoms with van der Waals surface area (Å²) in [5.74, 6) is 0.0179. The molecule has 17 heavy (non-hydrogen) atoms. The second kappa shape index (κ2) is 5.14. The van der Waals surface area contributed by atoms with Gasteiger partial charge in [0.05, 0.1) is 6.54 Å². The zero-order chi connectivity index (χ0) is 12.3. The summed E-state index contributed by atoms with van der Waals surface area (Å²) in [6.45, 7) is 3.77. The van der Waals surface area contributed by atoms with Crippen LogP contribution in [0.5, 0.6) is 0 Å². The Hall–Kier alpha value is -1.62. The van der Waals surface area contributed by atoms with Crippen molar-refractivity contribution < 1.29 is 4.79 Å². The van der Waals surface area contributed by atoms with Gasteiger partial charge in [-0.15, -0.1) is 0 Å². The lowest BCUT2D eigenvalue weighted by molar-refractivity contribution is -0.122. The predicted octanol–water partition coefficient (Wildman–Crippen LogP) is 1.12. The molecule has 2 N–H and O–H groups in total. The number of hydrogen-bond donors (Lipinski definition) is 2. The average Bonchev–Trinajstić information content (AvgIpc) is 2.32. The van der Waals surface area contributed by atoms with Gasteiger partial charge < -0.3 is 15.5 Å². The highest BCUT2D eigenvalue weighted by molar-refractivity contribution is 7.80. The summed E-state index contributed by atoms with van der Waals surface area (Å²) in [7, 11) is 0. The third-order valence-electron chi connectivity index (χ3n) is 2.63. The van der Waals surface area contributed by atoms with E-state index in [1.54, 1.807) is 0 Å². The van der Waals surface area contributed by atoms with E-state index in [2.05, 4.69) is 10.6 Å². The van der Waals surface area contributed by atoms with Crippen LogP contribution in [-0.4, -0.2) is 35.6 Å². The predicted molar refractivity (Wildman–Crippen MR) is 72.0 cm³/mol. The molecule has 2 rings (SSSR count). The molecule has 0 aliphatic carbocycles. The number of thiocarbonyl (C=S) groups is 1. The molecule has 1 fully saturated rings. The third kappa shape index (κ3) is 3.17. The first-order valence-corrected chi connectivity index (χ1v) is 5.95. The highest BCUT2D eigenvalue weighted by Gasteiger charge is 2.18. The average molecular weight is 249 g/mol. The van der Waals surface area contributed by atoms with Gasteiger partial charge in [-0.1, -0.05) is 17.7 Å². The number of aryl methyl sites for hydroxylation is 1. The monoisotopic (exact) mass is 249 g/mol. The maximum Gasteiger partial charge on any atom is 0.239 e. The summed E-state index contributed by atoms with van der Waals surface area (Å²) < 4.78 is 0. The first-order valence-electron chi connectivity index (χ1n) is 5.54. The van der Waals surface area contributed by atoms with Crippen molar-refractivity contribution in [3.8, 4) is 0 Å². The van der Waals surface area contributed by atoms with E-state index < -0.39 is 0 Å². The number of carbonyl (C=O) groups excluding carboxylic acids is 1. The number of benzene rings is 1. The van der Waals surface area contributed by atoms with E-state index in [-0.39, 0.29) is 5.91 Å². The van der Waals surface area contributed by atoms with Gasteiger partial charge in [-0.2, -0.15) is 0 Å². The third-order valence-corrected chi connectivity index (χ3v) is 2.99. The van der Waals surface area contributed by atoms with Gasteiger partial charge in [0.1, 0.15) is 0 Å². The zero-order valence-electron chi connectivity index (χ0n) is 9.69. The van der Waals surface area contributed by atoms with E-state index in [4.69, 9.17) is 12.2 Å². The normalized spacial score (nSPS) is 15.4. The molecule has 1 aromatic rings. The van der Waals surface area contributed by atoms with Crippen LogP contribution in [-0.2, 0) is 4.79 Å². The molecular formula is C12H15N3OS. The lowest BCUT2D eigenvalue weighted by Crippen LogP contribution is -2.51. The summed E-state index contributed by atoms with van der Waals surface area (Å²) in [4.78, 5) is 13.1. The molecule has 1 aromatic carbocycles. The molecule has 5 heteroatoms. The summed E-state index contributed by atoms with van der Waals surface area (Å²) in [5.41, 5.74) is 2.16. The fraction of sp³-hybridized carbons (Fsp3) is 0.333. The Labute approximate surface area is 106 Å². The number of piperazine rings is 1. The van der Waals surface area contributed by atoms with Gasteiger partial charge >= 0.3 is 0 Å². The second-order valence-electron chi connectivity index (χ2n) is 4.07. The van der Waals surface area contributed by atoms with Crippen LogP contribution in [0.4, 0.5) is 5.69 Å². The lowest BCUT2D eigenvalue weighted by Gasteiger charge is -2.29. The molecule has 0 spiro atoms. The number of anilines is 1. The molecule has 90 valence electrons. The number of rotatable bonds is 1. The van der Waals surface area contributed by atoms with Gasteiger partial charge in [-0.05, 0) is 31.3 Å². The van der Waals surface area contributed by atoms with Crippen LogP contribution < -0.4 is 10.6 Å². The highest BCUT2D eigenvalue weighted by atomic mass is 32.1. The second-order valence-corrected chi connectivity index (χ2v) is 4.45.